The molecule has 3 aromatic carbocycles. The molecule has 0 atom stereocenters. The monoisotopic (exact) mass is 525 g/mol. The number of amides is 2. The van der Waals surface area contributed by atoms with Crippen LogP contribution < -0.4 is 10.6 Å². The number of carbonyl (C=O) groups is 2. The number of fused-ring (bicyclic) bond motifs is 2. The molecule has 5 rings (SSSR count). The molecular weight excluding hydrogens is 498 g/mol. The molecule has 192 valence electrons. The highest BCUT2D eigenvalue weighted by Crippen LogP contribution is 2.39. The van der Waals surface area contributed by atoms with E-state index in [1.165, 1.54) is 0 Å². The van der Waals surface area contributed by atoms with Crippen LogP contribution in [-0.2, 0) is 4.79 Å². The van der Waals surface area contributed by atoms with Crippen LogP contribution in [0.15, 0.2) is 79.0 Å². The maximum atomic E-state index is 13.2. The lowest BCUT2D eigenvalue weighted by atomic mass is 9.99. The summed E-state index contributed by atoms with van der Waals surface area (Å²) < 4.78 is 0. The van der Waals surface area contributed by atoms with Gasteiger partial charge in [-0.15, -0.1) is 0 Å². The van der Waals surface area contributed by atoms with Gasteiger partial charge in [-0.25, -0.2) is 0 Å². The molecule has 0 bridgehead atoms. The topological polar surface area (TPSA) is 77.6 Å². The van der Waals surface area contributed by atoms with Gasteiger partial charge in [0, 0.05) is 59.1 Å². The van der Waals surface area contributed by atoms with Gasteiger partial charge in [0.1, 0.15) is 0 Å². The first-order valence-corrected chi connectivity index (χ1v) is 12.7. The van der Waals surface area contributed by atoms with Crippen molar-refractivity contribution in [3.05, 3.63) is 101 Å². The Morgan fingerprint density at radius 3 is 2.47 bits per heavy atom. The maximum Gasteiger partial charge on any atom is 0.258 e. The number of anilines is 2. The van der Waals surface area contributed by atoms with E-state index >= 15 is 0 Å². The number of benzene rings is 3. The van der Waals surface area contributed by atoms with Gasteiger partial charge in [0.25, 0.3) is 11.8 Å². The summed E-state index contributed by atoms with van der Waals surface area (Å²) in [6, 6.07) is 22.5. The summed E-state index contributed by atoms with van der Waals surface area (Å²) in [7, 11) is 5.76. The standard InChI is InChI=1S/C30H28ClN5O2/c1-35(2)15-16-36(3)30(38)20-8-11-23(12-9-20)33-28(21-7-6-19-5-4-14-32-25(19)17-21)27-24-13-10-22(31)18-26(24)34-29(27)37/h4-14,17-18,33H,15-16H2,1-3H3,(H,34,37). The summed E-state index contributed by atoms with van der Waals surface area (Å²) in [5.41, 5.74) is 5.55. The van der Waals surface area contributed by atoms with Crippen LogP contribution in [0.5, 0.6) is 0 Å². The lowest BCUT2D eigenvalue weighted by molar-refractivity contribution is -0.110. The van der Waals surface area contributed by atoms with Gasteiger partial charge in [-0.3, -0.25) is 14.6 Å². The van der Waals surface area contributed by atoms with Crippen LogP contribution >= 0.6 is 11.6 Å². The molecule has 0 saturated heterocycles. The van der Waals surface area contributed by atoms with Crippen molar-refractivity contribution in [2.24, 2.45) is 0 Å². The second-order valence-electron chi connectivity index (χ2n) is 9.54. The Morgan fingerprint density at radius 2 is 1.71 bits per heavy atom. The quantitative estimate of drug-likeness (QED) is 0.314. The predicted molar refractivity (Wildman–Crippen MR) is 154 cm³/mol. The van der Waals surface area contributed by atoms with Crippen LogP contribution in [0.1, 0.15) is 21.5 Å². The third kappa shape index (κ3) is 5.25. The van der Waals surface area contributed by atoms with Gasteiger partial charge < -0.3 is 20.4 Å². The highest BCUT2D eigenvalue weighted by Gasteiger charge is 2.29. The number of carbonyl (C=O) groups excluding carboxylic acids is 2. The van der Waals surface area contributed by atoms with Gasteiger partial charge in [-0.2, -0.15) is 0 Å². The molecule has 0 spiro atoms. The molecule has 0 aliphatic carbocycles. The lowest BCUT2D eigenvalue weighted by Gasteiger charge is -2.20. The van der Waals surface area contributed by atoms with Crippen LogP contribution in [0.4, 0.5) is 11.4 Å². The molecule has 0 saturated carbocycles. The summed E-state index contributed by atoms with van der Waals surface area (Å²) in [6.07, 6.45) is 1.75. The largest absolute Gasteiger partial charge is 0.354 e. The van der Waals surface area contributed by atoms with Crippen LogP contribution in [0.2, 0.25) is 5.02 Å². The Kier molecular flexibility index (Phi) is 7.13. The van der Waals surface area contributed by atoms with E-state index in [1.54, 1.807) is 42.4 Å². The number of pyridine rings is 1. The molecule has 7 nitrogen and oxygen atoms in total. The Hall–Kier alpha value is -4.20. The number of nitrogens with one attached hydrogen (secondary N) is 2. The van der Waals surface area contributed by atoms with E-state index in [2.05, 4.69) is 15.6 Å². The van der Waals surface area contributed by atoms with Crippen LogP contribution in [0.3, 0.4) is 0 Å². The smallest absolute Gasteiger partial charge is 0.258 e. The fraction of sp³-hybridized carbons (Fsp3) is 0.167. The molecule has 0 fully saturated rings. The number of hydrogen-bond donors (Lipinski definition) is 2. The summed E-state index contributed by atoms with van der Waals surface area (Å²) in [6.45, 7) is 1.42. The number of aromatic nitrogens is 1. The van der Waals surface area contributed by atoms with Crippen molar-refractivity contribution in [2.45, 2.75) is 0 Å². The average molecular weight is 526 g/mol. The molecule has 1 aliphatic rings. The van der Waals surface area contributed by atoms with E-state index in [-0.39, 0.29) is 11.8 Å². The summed E-state index contributed by atoms with van der Waals surface area (Å²) in [5.74, 6) is -0.265. The lowest BCUT2D eigenvalue weighted by Crippen LogP contribution is -2.33. The minimum Gasteiger partial charge on any atom is -0.354 e. The van der Waals surface area contributed by atoms with E-state index < -0.39 is 0 Å². The Balaban J connectivity index is 1.53. The van der Waals surface area contributed by atoms with Crippen molar-refractivity contribution in [1.29, 1.82) is 0 Å². The van der Waals surface area contributed by atoms with Crippen molar-refractivity contribution in [3.63, 3.8) is 0 Å². The molecule has 0 radical (unpaired) electrons. The fourth-order valence-electron chi connectivity index (χ4n) is 4.41. The number of likely N-dealkylation sites (N-methyl/N-ethyl adjacent to an activating group) is 2. The molecule has 1 aliphatic heterocycles. The summed E-state index contributed by atoms with van der Waals surface area (Å²) in [5, 5.41) is 7.93. The number of hydrogen-bond acceptors (Lipinski definition) is 5. The fourth-order valence-corrected chi connectivity index (χ4v) is 4.58. The molecule has 2 N–H and O–H groups in total. The van der Waals surface area contributed by atoms with E-state index in [4.69, 9.17) is 11.6 Å². The Labute approximate surface area is 226 Å². The number of halogens is 1. The minimum absolute atomic E-state index is 0.0430. The van der Waals surface area contributed by atoms with Crippen molar-refractivity contribution in [3.8, 4) is 0 Å². The normalized spacial score (nSPS) is 13.9. The summed E-state index contributed by atoms with van der Waals surface area (Å²) >= 11 is 6.18. The van der Waals surface area contributed by atoms with Crippen molar-refractivity contribution in [1.82, 2.24) is 14.8 Å². The third-order valence-corrected chi connectivity index (χ3v) is 6.74. The van der Waals surface area contributed by atoms with E-state index in [1.807, 2.05) is 67.5 Å². The summed E-state index contributed by atoms with van der Waals surface area (Å²) in [4.78, 5) is 34.3. The van der Waals surface area contributed by atoms with Crippen molar-refractivity contribution in [2.75, 3.05) is 44.9 Å². The predicted octanol–water partition coefficient (Wildman–Crippen LogP) is 5.45. The zero-order valence-electron chi connectivity index (χ0n) is 21.5. The molecule has 38 heavy (non-hydrogen) atoms. The zero-order valence-corrected chi connectivity index (χ0v) is 22.2. The highest BCUT2D eigenvalue weighted by atomic mass is 35.5. The first kappa shape index (κ1) is 25.4. The van der Waals surface area contributed by atoms with Crippen LogP contribution in [-0.4, -0.2) is 60.8 Å². The van der Waals surface area contributed by atoms with Crippen molar-refractivity contribution < 1.29 is 9.59 Å². The van der Waals surface area contributed by atoms with Crippen LogP contribution in [0, 0.1) is 0 Å². The van der Waals surface area contributed by atoms with E-state index in [9.17, 15) is 9.59 Å². The highest BCUT2D eigenvalue weighted by molar-refractivity contribution is 6.38. The molecule has 1 aromatic heterocycles. The first-order chi connectivity index (χ1) is 18.3. The zero-order chi connectivity index (χ0) is 26.8. The SMILES string of the molecule is CN(C)CCN(C)C(=O)c1ccc(NC(=C2C(=O)Nc3cc(Cl)ccc32)c2ccc3cccnc3c2)cc1. The second kappa shape index (κ2) is 10.7. The minimum atomic E-state index is -0.222. The molecule has 8 heteroatoms. The molecule has 2 heterocycles. The van der Waals surface area contributed by atoms with Crippen molar-refractivity contribution >= 4 is 57.0 Å². The molecule has 4 aromatic rings. The van der Waals surface area contributed by atoms with Gasteiger partial charge in [0.05, 0.1) is 22.5 Å². The van der Waals surface area contributed by atoms with Gasteiger partial charge >= 0.3 is 0 Å². The maximum absolute atomic E-state index is 13.2. The van der Waals surface area contributed by atoms with E-state index in [0.29, 0.717) is 34.1 Å². The third-order valence-electron chi connectivity index (χ3n) is 6.50. The van der Waals surface area contributed by atoms with Crippen LogP contribution in [0.25, 0.3) is 22.2 Å². The Morgan fingerprint density at radius 1 is 0.947 bits per heavy atom. The van der Waals surface area contributed by atoms with Gasteiger partial charge in [0.2, 0.25) is 0 Å². The number of nitrogens with zero attached hydrogens (tertiary/aromatic N) is 3. The Bertz CT molecular complexity index is 1560. The molecule has 2 amide bonds. The first-order valence-electron chi connectivity index (χ1n) is 12.3. The van der Waals surface area contributed by atoms with Gasteiger partial charge in [0.15, 0.2) is 0 Å². The average Bonchev–Trinajstić information content (AvgIpc) is 3.24. The second-order valence-corrected chi connectivity index (χ2v) is 9.97. The van der Waals surface area contributed by atoms with Gasteiger partial charge in [-0.1, -0.05) is 35.9 Å². The van der Waals surface area contributed by atoms with E-state index in [0.717, 1.165) is 34.3 Å². The molecular formula is C30H28ClN5O2. The van der Waals surface area contributed by atoms with Gasteiger partial charge in [-0.05, 0) is 62.6 Å². The number of rotatable bonds is 7. The molecule has 0 unspecified atom stereocenters.